The predicted molar refractivity (Wildman–Crippen MR) is 121 cm³/mol. The van der Waals surface area contributed by atoms with E-state index in [1.54, 1.807) is 60.5 Å². The average molecular weight is 425 g/mol. The van der Waals surface area contributed by atoms with Gasteiger partial charge in [0.1, 0.15) is 5.75 Å². The van der Waals surface area contributed by atoms with E-state index < -0.39 is 17.3 Å². The topological polar surface area (TPSA) is 63.7 Å². The van der Waals surface area contributed by atoms with Crippen LogP contribution in [-0.2, 0) is 10.2 Å². The van der Waals surface area contributed by atoms with E-state index >= 15 is 0 Å². The van der Waals surface area contributed by atoms with E-state index in [0.29, 0.717) is 23.4 Å². The summed E-state index contributed by atoms with van der Waals surface area (Å²) in [5, 5.41) is 0. The van der Waals surface area contributed by atoms with Gasteiger partial charge in [-0.05, 0) is 42.8 Å². The summed E-state index contributed by atoms with van der Waals surface area (Å²) in [4.78, 5) is 42.8. The molecule has 0 N–H and O–H groups in total. The second kappa shape index (κ2) is 7.45. The Kier molecular flexibility index (Phi) is 4.70. The largest absolute Gasteiger partial charge is 0.497 e. The number of methoxy groups -OCH3 is 1. The van der Waals surface area contributed by atoms with Gasteiger partial charge in [-0.15, -0.1) is 0 Å². The van der Waals surface area contributed by atoms with Gasteiger partial charge < -0.3 is 9.64 Å². The molecule has 5 heteroatoms. The third kappa shape index (κ3) is 2.67. The molecule has 1 fully saturated rings. The van der Waals surface area contributed by atoms with Crippen molar-refractivity contribution in [1.82, 2.24) is 0 Å². The van der Waals surface area contributed by atoms with Crippen LogP contribution in [0.2, 0.25) is 0 Å². The van der Waals surface area contributed by atoms with E-state index in [9.17, 15) is 14.4 Å². The van der Waals surface area contributed by atoms with Gasteiger partial charge in [-0.3, -0.25) is 14.4 Å². The third-order valence-corrected chi connectivity index (χ3v) is 6.76. The fourth-order valence-corrected chi connectivity index (χ4v) is 5.24. The second-order valence-electron chi connectivity index (χ2n) is 8.21. The first kappa shape index (κ1) is 20.2. The number of hydrogen-bond donors (Lipinski definition) is 0. The van der Waals surface area contributed by atoms with Gasteiger partial charge in [0.25, 0.3) is 0 Å². The molecule has 32 heavy (non-hydrogen) atoms. The van der Waals surface area contributed by atoms with Gasteiger partial charge in [0, 0.05) is 23.4 Å². The lowest BCUT2D eigenvalue weighted by molar-refractivity contribution is -0.120. The van der Waals surface area contributed by atoms with Crippen LogP contribution >= 0.6 is 0 Å². The minimum Gasteiger partial charge on any atom is -0.497 e. The van der Waals surface area contributed by atoms with Crippen molar-refractivity contribution in [3.05, 3.63) is 95.6 Å². The molecule has 3 aromatic carbocycles. The molecular weight excluding hydrogens is 402 g/mol. The van der Waals surface area contributed by atoms with Crippen LogP contribution in [0.15, 0.2) is 78.9 Å². The molecule has 2 aliphatic rings. The average Bonchev–Trinajstić information content (AvgIpc) is 3.48. The number of fused-ring (bicyclic) bond motifs is 2. The summed E-state index contributed by atoms with van der Waals surface area (Å²) < 4.78 is 5.20. The van der Waals surface area contributed by atoms with E-state index in [2.05, 4.69) is 0 Å². The summed E-state index contributed by atoms with van der Waals surface area (Å²) in [7, 11) is 1.56. The van der Waals surface area contributed by atoms with Crippen molar-refractivity contribution in [2.45, 2.75) is 12.3 Å². The van der Waals surface area contributed by atoms with Crippen molar-refractivity contribution in [2.24, 2.45) is 11.8 Å². The summed E-state index contributed by atoms with van der Waals surface area (Å²) in [5.41, 5.74) is 1.39. The van der Waals surface area contributed by atoms with Crippen LogP contribution in [0.3, 0.4) is 0 Å². The van der Waals surface area contributed by atoms with Crippen molar-refractivity contribution in [3.63, 3.8) is 0 Å². The molecule has 0 unspecified atom stereocenters. The summed E-state index contributed by atoms with van der Waals surface area (Å²) in [6.07, 6.45) is 0. The molecule has 3 atom stereocenters. The Labute approximate surface area is 186 Å². The lowest BCUT2D eigenvalue weighted by Crippen LogP contribution is -2.35. The number of anilines is 1. The van der Waals surface area contributed by atoms with E-state index in [0.717, 1.165) is 11.3 Å². The van der Waals surface area contributed by atoms with E-state index in [1.807, 2.05) is 37.3 Å². The minimum absolute atomic E-state index is 0.164. The van der Waals surface area contributed by atoms with Crippen molar-refractivity contribution >= 4 is 23.2 Å². The monoisotopic (exact) mass is 425 g/mol. The van der Waals surface area contributed by atoms with Gasteiger partial charge in [0.15, 0.2) is 11.6 Å². The van der Waals surface area contributed by atoms with Crippen LogP contribution in [0.1, 0.15) is 33.2 Å². The normalized spacial score (nSPS) is 23.2. The molecule has 0 aromatic heterocycles. The summed E-state index contributed by atoms with van der Waals surface area (Å²) in [6.45, 7) is 2.39. The summed E-state index contributed by atoms with van der Waals surface area (Å²) in [6, 6.07) is 23.3. The molecule has 0 radical (unpaired) electrons. The Morgan fingerprint density at radius 2 is 1.41 bits per heavy atom. The number of ketones is 2. The van der Waals surface area contributed by atoms with Gasteiger partial charge in [0.05, 0.1) is 24.4 Å². The maximum absolute atomic E-state index is 13.8. The van der Waals surface area contributed by atoms with E-state index in [-0.39, 0.29) is 17.5 Å². The zero-order chi connectivity index (χ0) is 22.5. The molecule has 1 heterocycles. The van der Waals surface area contributed by atoms with Gasteiger partial charge in [-0.25, -0.2) is 0 Å². The molecule has 0 saturated heterocycles. The number of para-hydroxylation sites is 1. The predicted octanol–water partition coefficient (Wildman–Crippen LogP) is 4.31. The molecule has 1 spiro atoms. The number of carbonyl (C=O) groups excluding carboxylic acids is 3. The minimum atomic E-state index is -1.16. The quantitative estimate of drug-likeness (QED) is 0.552. The third-order valence-electron chi connectivity index (χ3n) is 6.76. The number of hydrogen-bond acceptors (Lipinski definition) is 4. The molecule has 5 rings (SSSR count). The number of carbonyl (C=O) groups is 3. The van der Waals surface area contributed by atoms with Crippen LogP contribution < -0.4 is 9.64 Å². The number of nitrogens with zero attached hydrogens (tertiary/aromatic N) is 1. The highest BCUT2D eigenvalue weighted by molar-refractivity contribution is 6.23. The lowest BCUT2D eigenvalue weighted by atomic mass is 9.90. The maximum Gasteiger partial charge on any atom is 0.239 e. The van der Waals surface area contributed by atoms with Crippen LogP contribution in [-0.4, -0.2) is 31.1 Å². The van der Waals surface area contributed by atoms with Crippen molar-refractivity contribution in [2.75, 3.05) is 18.6 Å². The number of ether oxygens (including phenoxy) is 1. The number of benzene rings is 3. The van der Waals surface area contributed by atoms with Gasteiger partial charge in [-0.1, -0.05) is 48.5 Å². The number of likely N-dealkylation sites (N-methyl/N-ethyl adjacent to an activating group) is 1. The molecule has 1 saturated carbocycles. The van der Waals surface area contributed by atoms with Crippen molar-refractivity contribution in [1.29, 1.82) is 0 Å². The zero-order valence-electron chi connectivity index (χ0n) is 17.9. The van der Waals surface area contributed by atoms with Crippen LogP contribution in [0.5, 0.6) is 5.75 Å². The van der Waals surface area contributed by atoms with Crippen molar-refractivity contribution in [3.8, 4) is 5.75 Å². The molecule has 1 aliphatic carbocycles. The zero-order valence-corrected chi connectivity index (χ0v) is 17.9. The molecule has 0 bridgehead atoms. The fraction of sp³-hybridized carbons (Fsp3) is 0.222. The smallest absolute Gasteiger partial charge is 0.239 e. The Morgan fingerprint density at radius 3 is 2.00 bits per heavy atom. The molecular formula is C27H23NO4. The van der Waals surface area contributed by atoms with Crippen molar-refractivity contribution < 1.29 is 19.1 Å². The second-order valence-corrected chi connectivity index (χ2v) is 8.21. The number of amides is 1. The summed E-state index contributed by atoms with van der Waals surface area (Å²) >= 11 is 0. The Balaban J connectivity index is 1.64. The molecule has 1 amide bonds. The lowest BCUT2D eigenvalue weighted by Gasteiger charge is -2.15. The van der Waals surface area contributed by atoms with Crippen LogP contribution in [0.25, 0.3) is 0 Å². The SMILES string of the molecule is CCN1C(=O)[C@@]2(c3ccccc31)[C@@H](C(=O)c1ccccc1)[C@@H]2C(=O)c1ccc(OC)cc1. The van der Waals surface area contributed by atoms with Gasteiger partial charge in [0.2, 0.25) is 5.91 Å². The Hall–Kier alpha value is -3.73. The highest BCUT2D eigenvalue weighted by Crippen LogP contribution is 2.67. The summed E-state index contributed by atoms with van der Waals surface area (Å²) in [5.74, 6) is -1.36. The highest BCUT2D eigenvalue weighted by Gasteiger charge is 2.79. The van der Waals surface area contributed by atoms with Crippen LogP contribution in [0, 0.1) is 11.8 Å². The Bertz CT molecular complexity index is 1220. The highest BCUT2D eigenvalue weighted by atomic mass is 16.5. The van der Waals surface area contributed by atoms with Crippen LogP contribution in [0.4, 0.5) is 5.69 Å². The first-order chi connectivity index (χ1) is 15.6. The van der Waals surface area contributed by atoms with E-state index in [4.69, 9.17) is 4.74 Å². The molecule has 5 nitrogen and oxygen atoms in total. The number of rotatable bonds is 6. The van der Waals surface area contributed by atoms with Gasteiger partial charge in [-0.2, -0.15) is 0 Å². The van der Waals surface area contributed by atoms with E-state index in [1.165, 1.54) is 0 Å². The fourth-order valence-electron chi connectivity index (χ4n) is 5.24. The first-order valence-corrected chi connectivity index (χ1v) is 10.7. The molecule has 1 aliphatic heterocycles. The standard InChI is InChI=1S/C27H23NO4/c1-3-28-21-12-8-7-11-20(21)27(26(28)31)22(24(29)17-9-5-4-6-10-17)23(27)25(30)18-13-15-19(32-2)16-14-18/h4-16,22-23H,3H2,1-2H3/t22-,23-,27+/m1/s1. The molecule has 160 valence electrons. The Morgan fingerprint density at radius 1 is 0.844 bits per heavy atom. The number of Topliss-reactive ketones (excluding diaryl/α,β-unsaturated/α-hetero) is 2. The van der Waals surface area contributed by atoms with Gasteiger partial charge >= 0.3 is 0 Å². The molecule has 3 aromatic rings. The maximum atomic E-state index is 13.8. The first-order valence-electron chi connectivity index (χ1n) is 10.7.